The molecular formula is C28H26FN5O6S. The van der Waals surface area contributed by atoms with E-state index in [1.807, 2.05) is 0 Å². The van der Waals surface area contributed by atoms with E-state index in [-0.39, 0.29) is 18.0 Å². The maximum absolute atomic E-state index is 13.1. The summed E-state index contributed by atoms with van der Waals surface area (Å²) in [6, 6.07) is 15.1. The molecule has 1 aliphatic rings. The van der Waals surface area contributed by atoms with Crippen LogP contribution in [0.2, 0.25) is 0 Å². The average molecular weight is 580 g/mol. The average Bonchev–Trinajstić information content (AvgIpc) is 3.63. The number of nitrogens with one attached hydrogen (secondary N) is 4. The van der Waals surface area contributed by atoms with Crippen molar-refractivity contribution in [3.8, 4) is 11.5 Å². The molecule has 0 atom stereocenters. The highest BCUT2D eigenvalue weighted by atomic mass is 32.2. The zero-order chi connectivity index (χ0) is 29.2. The summed E-state index contributed by atoms with van der Waals surface area (Å²) < 4.78 is 41.7. The monoisotopic (exact) mass is 579 g/mol. The Morgan fingerprint density at radius 1 is 0.976 bits per heavy atom. The number of H-pyrrole nitrogens is 1. The van der Waals surface area contributed by atoms with E-state index in [1.54, 1.807) is 36.4 Å². The minimum atomic E-state index is -3.21. The van der Waals surface area contributed by atoms with E-state index in [2.05, 4.69) is 25.9 Å². The van der Waals surface area contributed by atoms with Crippen LogP contribution in [0.1, 0.15) is 23.3 Å². The first-order chi connectivity index (χ1) is 19.5. The molecule has 2 aromatic heterocycles. The van der Waals surface area contributed by atoms with E-state index in [1.165, 1.54) is 30.5 Å². The number of anilines is 2. The molecule has 2 aromatic carbocycles. The number of rotatable bonds is 10. The Labute approximate surface area is 234 Å². The molecule has 4 N–H and O–H groups in total. The lowest BCUT2D eigenvalue weighted by molar-refractivity contribution is -0.131. The molecule has 13 heteroatoms. The number of aromatic nitrogens is 2. The van der Waals surface area contributed by atoms with E-state index >= 15 is 0 Å². The van der Waals surface area contributed by atoms with Gasteiger partial charge in [-0.1, -0.05) is 0 Å². The van der Waals surface area contributed by atoms with Crippen LogP contribution in [0.15, 0.2) is 66.9 Å². The number of hydrogen-bond acceptors (Lipinski definition) is 7. The number of benzene rings is 2. The highest BCUT2D eigenvalue weighted by Crippen LogP contribution is 2.47. The van der Waals surface area contributed by atoms with Gasteiger partial charge in [-0.2, -0.15) is 0 Å². The molecule has 0 unspecified atom stereocenters. The summed E-state index contributed by atoms with van der Waals surface area (Å²) in [5.41, 5.74) is 0.304. The zero-order valence-electron chi connectivity index (χ0n) is 21.9. The molecule has 1 saturated carbocycles. The molecule has 0 bridgehead atoms. The Morgan fingerprint density at radius 3 is 2.17 bits per heavy atom. The predicted molar refractivity (Wildman–Crippen MR) is 150 cm³/mol. The van der Waals surface area contributed by atoms with Gasteiger partial charge in [0, 0.05) is 30.4 Å². The lowest BCUT2D eigenvalue weighted by atomic mass is 10.0. The van der Waals surface area contributed by atoms with Crippen LogP contribution in [0.4, 0.5) is 15.8 Å². The van der Waals surface area contributed by atoms with Gasteiger partial charge in [-0.05, 0) is 73.5 Å². The number of nitrogens with zero attached hydrogens (tertiary/aromatic N) is 1. The zero-order valence-corrected chi connectivity index (χ0v) is 22.7. The van der Waals surface area contributed by atoms with Gasteiger partial charge in [-0.25, -0.2) is 17.8 Å². The van der Waals surface area contributed by atoms with Gasteiger partial charge in [0.25, 0.3) is 5.91 Å². The molecule has 11 nitrogen and oxygen atoms in total. The molecule has 0 spiro atoms. The SMILES string of the molecule is CS(=O)(=O)CCNC(=O)c1cc2c(Oc3ccc(NC(=O)C4(C(=O)Nc5ccc(F)cc5)CC4)cc3)ccnc2[nH]1. The van der Waals surface area contributed by atoms with Gasteiger partial charge < -0.3 is 25.7 Å². The van der Waals surface area contributed by atoms with Crippen LogP contribution in [0.3, 0.4) is 0 Å². The number of carbonyl (C=O) groups is 3. The van der Waals surface area contributed by atoms with Crippen molar-refractivity contribution in [1.29, 1.82) is 0 Å². The van der Waals surface area contributed by atoms with Gasteiger partial charge in [0.15, 0.2) is 0 Å². The first kappa shape index (κ1) is 27.8. The fourth-order valence-corrected chi connectivity index (χ4v) is 4.58. The van der Waals surface area contributed by atoms with Crippen molar-refractivity contribution in [3.63, 3.8) is 0 Å². The molecule has 4 aromatic rings. The minimum Gasteiger partial charge on any atom is -0.457 e. The standard InChI is InChI=1S/C28H26FN5O6S/c1-41(38,39)15-14-31-25(35)22-16-21-23(10-13-30-24(21)34-22)40-20-8-6-19(7-9-20)33-27(37)28(11-12-28)26(36)32-18-4-2-17(29)3-5-18/h2-10,13,16H,11-12,14-15H2,1H3,(H,30,34)(H,31,35)(H,32,36)(H,33,37). The highest BCUT2D eigenvalue weighted by Gasteiger charge is 2.56. The van der Waals surface area contributed by atoms with Crippen molar-refractivity contribution in [1.82, 2.24) is 15.3 Å². The third-order valence-electron chi connectivity index (χ3n) is 6.56. The molecule has 212 valence electrons. The molecule has 1 aliphatic carbocycles. The molecule has 3 amide bonds. The quantitative estimate of drug-likeness (QED) is 0.209. The second-order valence-electron chi connectivity index (χ2n) is 9.76. The minimum absolute atomic E-state index is 0.0211. The first-order valence-corrected chi connectivity index (χ1v) is 14.7. The van der Waals surface area contributed by atoms with Crippen LogP contribution in [-0.4, -0.2) is 54.7 Å². The van der Waals surface area contributed by atoms with Gasteiger partial charge in [0.2, 0.25) is 11.8 Å². The van der Waals surface area contributed by atoms with Crippen LogP contribution in [0, 0.1) is 11.2 Å². The predicted octanol–water partition coefficient (Wildman–Crippen LogP) is 3.63. The second-order valence-corrected chi connectivity index (χ2v) is 12.0. The Balaban J connectivity index is 1.22. The lowest BCUT2D eigenvalue weighted by Crippen LogP contribution is -2.35. The van der Waals surface area contributed by atoms with Gasteiger partial charge in [0.05, 0.1) is 11.1 Å². The summed E-state index contributed by atoms with van der Waals surface area (Å²) in [5, 5.41) is 8.54. The Kier molecular flexibility index (Phi) is 7.45. The van der Waals surface area contributed by atoms with Gasteiger partial charge in [-0.15, -0.1) is 0 Å². The van der Waals surface area contributed by atoms with Crippen molar-refractivity contribution in [2.45, 2.75) is 12.8 Å². The third kappa shape index (κ3) is 6.52. The smallest absolute Gasteiger partial charge is 0.267 e. The van der Waals surface area contributed by atoms with E-state index in [4.69, 9.17) is 4.74 Å². The number of halogens is 1. The molecule has 5 rings (SSSR count). The van der Waals surface area contributed by atoms with E-state index in [9.17, 15) is 27.2 Å². The molecule has 0 saturated heterocycles. The first-order valence-electron chi connectivity index (χ1n) is 12.6. The molecule has 1 fully saturated rings. The molecule has 0 radical (unpaired) electrons. The number of pyridine rings is 1. The number of amides is 3. The van der Waals surface area contributed by atoms with Crippen LogP contribution >= 0.6 is 0 Å². The summed E-state index contributed by atoms with van der Waals surface area (Å²) in [6.45, 7) is -0.0211. The number of sulfone groups is 1. The molecule has 0 aliphatic heterocycles. The maximum Gasteiger partial charge on any atom is 0.267 e. The fourth-order valence-electron chi connectivity index (χ4n) is 4.11. The number of aromatic amines is 1. The summed E-state index contributed by atoms with van der Waals surface area (Å²) in [5.74, 6) is -1.08. The largest absolute Gasteiger partial charge is 0.457 e. The van der Waals surface area contributed by atoms with Crippen LogP contribution in [-0.2, 0) is 19.4 Å². The highest BCUT2D eigenvalue weighted by molar-refractivity contribution is 7.90. The second kappa shape index (κ2) is 11.0. The van der Waals surface area contributed by atoms with E-state index in [0.29, 0.717) is 46.7 Å². The van der Waals surface area contributed by atoms with Crippen molar-refractivity contribution < 1.29 is 31.9 Å². The van der Waals surface area contributed by atoms with Gasteiger partial charge >= 0.3 is 0 Å². The maximum atomic E-state index is 13.1. The van der Waals surface area contributed by atoms with Gasteiger partial charge in [0.1, 0.15) is 43.9 Å². The number of hydrogen-bond donors (Lipinski definition) is 4. The van der Waals surface area contributed by atoms with Crippen LogP contribution < -0.4 is 20.7 Å². The van der Waals surface area contributed by atoms with Crippen molar-refractivity contribution in [2.75, 3.05) is 29.2 Å². The van der Waals surface area contributed by atoms with Crippen molar-refractivity contribution in [3.05, 3.63) is 78.4 Å². The van der Waals surface area contributed by atoms with Gasteiger partial charge in [-0.3, -0.25) is 14.4 Å². The summed E-state index contributed by atoms with van der Waals surface area (Å²) >= 11 is 0. The van der Waals surface area contributed by atoms with Crippen LogP contribution in [0.25, 0.3) is 11.0 Å². The molecule has 2 heterocycles. The number of ether oxygens (including phenoxy) is 1. The normalized spacial score (nSPS) is 13.8. The van der Waals surface area contributed by atoms with E-state index in [0.717, 1.165) is 6.26 Å². The number of fused-ring (bicyclic) bond motifs is 1. The topological polar surface area (TPSA) is 159 Å². The molecular weight excluding hydrogens is 553 g/mol. The van der Waals surface area contributed by atoms with E-state index < -0.39 is 38.8 Å². The van der Waals surface area contributed by atoms with Crippen molar-refractivity contribution in [2.24, 2.45) is 5.41 Å². The van der Waals surface area contributed by atoms with Crippen molar-refractivity contribution >= 4 is 50.0 Å². The third-order valence-corrected chi connectivity index (χ3v) is 7.50. The lowest BCUT2D eigenvalue weighted by Gasteiger charge is -2.16. The fraction of sp³-hybridized carbons (Fsp3) is 0.214. The molecule has 41 heavy (non-hydrogen) atoms. The Hall–Kier alpha value is -4.78. The summed E-state index contributed by atoms with van der Waals surface area (Å²) in [6.07, 6.45) is 3.41. The Bertz CT molecular complexity index is 1730. The summed E-state index contributed by atoms with van der Waals surface area (Å²) in [4.78, 5) is 45.3. The van der Waals surface area contributed by atoms with Crippen LogP contribution in [0.5, 0.6) is 11.5 Å². The Morgan fingerprint density at radius 2 is 1.59 bits per heavy atom. The summed E-state index contributed by atoms with van der Waals surface area (Å²) in [7, 11) is -3.21. The number of carbonyl (C=O) groups excluding carboxylic acids is 3.